The van der Waals surface area contributed by atoms with Crippen LogP contribution in [-0.4, -0.2) is 22.5 Å². The summed E-state index contributed by atoms with van der Waals surface area (Å²) in [4.78, 5) is 15.8. The number of hydrogen-bond donors (Lipinski definition) is 1. The summed E-state index contributed by atoms with van der Waals surface area (Å²) in [5.74, 6) is 0.812. The van der Waals surface area contributed by atoms with Crippen LogP contribution in [0.2, 0.25) is 5.02 Å². The number of nitrogens with zero attached hydrogens (tertiary/aromatic N) is 2. The first-order valence-electron chi connectivity index (χ1n) is 5.07. The van der Waals surface area contributed by atoms with Crippen molar-refractivity contribution in [2.45, 2.75) is 12.4 Å². The molecule has 17 heavy (non-hydrogen) atoms. The summed E-state index contributed by atoms with van der Waals surface area (Å²) in [6, 6.07) is 5.36. The minimum atomic E-state index is -0.101. The zero-order chi connectivity index (χ0) is 12.4. The molecular weight excluding hydrogens is 261 g/mol. The molecular formula is C11H11Cl2N3O. The molecule has 0 atom stereocenters. The summed E-state index contributed by atoms with van der Waals surface area (Å²) >= 11 is 11.8. The lowest BCUT2D eigenvalue weighted by atomic mass is 10.3. The van der Waals surface area contributed by atoms with E-state index in [1.54, 1.807) is 23.7 Å². The second-order valence-corrected chi connectivity index (χ2v) is 4.26. The number of alkyl halides is 1. The molecule has 1 amide bonds. The Balaban J connectivity index is 2.56. The van der Waals surface area contributed by atoms with E-state index in [9.17, 15) is 4.79 Å². The molecule has 90 valence electrons. The van der Waals surface area contributed by atoms with Crippen LogP contribution in [0.5, 0.6) is 0 Å². The van der Waals surface area contributed by atoms with Gasteiger partial charge in [0.05, 0.1) is 16.9 Å². The van der Waals surface area contributed by atoms with Crippen LogP contribution < -0.4 is 5.32 Å². The van der Waals surface area contributed by atoms with E-state index in [0.717, 1.165) is 11.0 Å². The molecule has 0 aliphatic carbocycles. The smallest absolute Gasteiger partial charge is 0.239 e. The van der Waals surface area contributed by atoms with Gasteiger partial charge >= 0.3 is 0 Å². The lowest BCUT2D eigenvalue weighted by Gasteiger charge is -2.06. The Morgan fingerprint density at radius 2 is 2.29 bits per heavy atom. The molecule has 0 saturated heterocycles. The highest BCUT2D eigenvalue weighted by Gasteiger charge is 2.12. The van der Waals surface area contributed by atoms with Crippen LogP contribution in [0.3, 0.4) is 0 Å². The maximum Gasteiger partial charge on any atom is 0.239 e. The van der Waals surface area contributed by atoms with Crippen LogP contribution in [0.4, 0.5) is 0 Å². The number of likely N-dealkylation sites (N-methyl/N-ethyl adjacent to an activating group) is 1. The third-order valence-electron chi connectivity index (χ3n) is 2.49. The molecule has 2 aromatic rings. The number of carbonyl (C=O) groups excluding carboxylic acids is 1. The van der Waals surface area contributed by atoms with Crippen molar-refractivity contribution >= 4 is 40.1 Å². The van der Waals surface area contributed by atoms with E-state index in [1.165, 1.54) is 0 Å². The Morgan fingerprint density at radius 1 is 1.53 bits per heavy atom. The van der Waals surface area contributed by atoms with Crippen LogP contribution in [0.25, 0.3) is 11.0 Å². The molecule has 2 rings (SSSR count). The number of halogens is 2. The Labute approximate surface area is 109 Å². The van der Waals surface area contributed by atoms with Crippen molar-refractivity contribution < 1.29 is 4.79 Å². The van der Waals surface area contributed by atoms with E-state index < -0.39 is 0 Å². The topological polar surface area (TPSA) is 46.9 Å². The number of imidazole rings is 1. The highest BCUT2D eigenvalue weighted by molar-refractivity contribution is 6.31. The fraction of sp³-hybridized carbons (Fsp3) is 0.273. The van der Waals surface area contributed by atoms with Gasteiger partial charge in [-0.3, -0.25) is 4.79 Å². The molecule has 1 N–H and O–H groups in total. The SMILES string of the molecule is CNC(=O)Cn1c(CCl)nc2ccc(Cl)cc21. The Hall–Kier alpha value is -1.26. The first-order chi connectivity index (χ1) is 8.15. The number of hydrogen-bond acceptors (Lipinski definition) is 2. The van der Waals surface area contributed by atoms with Crippen LogP contribution in [0.1, 0.15) is 5.82 Å². The fourth-order valence-electron chi connectivity index (χ4n) is 1.65. The molecule has 0 saturated carbocycles. The Kier molecular flexibility index (Phi) is 3.54. The Bertz CT molecular complexity index is 565. The molecule has 0 bridgehead atoms. The van der Waals surface area contributed by atoms with Crippen LogP contribution in [-0.2, 0) is 17.2 Å². The zero-order valence-corrected chi connectivity index (χ0v) is 10.7. The second-order valence-electron chi connectivity index (χ2n) is 3.55. The molecule has 4 nitrogen and oxygen atoms in total. The van der Waals surface area contributed by atoms with E-state index in [-0.39, 0.29) is 18.3 Å². The highest BCUT2D eigenvalue weighted by atomic mass is 35.5. The van der Waals surface area contributed by atoms with Gasteiger partial charge in [-0.25, -0.2) is 4.98 Å². The van der Waals surface area contributed by atoms with Gasteiger partial charge in [-0.2, -0.15) is 0 Å². The van der Waals surface area contributed by atoms with Crippen molar-refractivity contribution in [3.8, 4) is 0 Å². The predicted molar refractivity (Wildman–Crippen MR) is 68.4 cm³/mol. The lowest BCUT2D eigenvalue weighted by Crippen LogP contribution is -2.24. The molecule has 0 aliphatic heterocycles. The largest absolute Gasteiger partial charge is 0.358 e. The molecule has 6 heteroatoms. The van der Waals surface area contributed by atoms with Crippen molar-refractivity contribution in [2.24, 2.45) is 0 Å². The summed E-state index contributed by atoms with van der Waals surface area (Å²) in [5.41, 5.74) is 1.60. The van der Waals surface area contributed by atoms with E-state index in [4.69, 9.17) is 23.2 Å². The Morgan fingerprint density at radius 3 is 2.94 bits per heavy atom. The first kappa shape index (κ1) is 12.2. The molecule has 1 aromatic carbocycles. The third kappa shape index (κ3) is 2.37. The van der Waals surface area contributed by atoms with Gasteiger partial charge in [-0.1, -0.05) is 11.6 Å². The molecule has 0 fully saturated rings. The average Bonchev–Trinajstić information content (AvgIpc) is 2.67. The van der Waals surface area contributed by atoms with Crippen molar-refractivity contribution in [1.82, 2.24) is 14.9 Å². The van der Waals surface area contributed by atoms with Gasteiger partial charge in [0.15, 0.2) is 0 Å². The minimum absolute atomic E-state index is 0.101. The number of amides is 1. The molecule has 0 radical (unpaired) electrons. The highest BCUT2D eigenvalue weighted by Crippen LogP contribution is 2.21. The number of nitrogens with one attached hydrogen (secondary N) is 1. The van der Waals surface area contributed by atoms with Gasteiger partial charge in [-0.15, -0.1) is 11.6 Å². The van der Waals surface area contributed by atoms with Gasteiger partial charge in [0, 0.05) is 12.1 Å². The van der Waals surface area contributed by atoms with E-state index in [1.807, 2.05) is 6.07 Å². The summed E-state index contributed by atoms with van der Waals surface area (Å²) in [6.45, 7) is 0.190. The summed E-state index contributed by atoms with van der Waals surface area (Å²) in [6.07, 6.45) is 0. The fourth-order valence-corrected chi connectivity index (χ4v) is 2.02. The summed E-state index contributed by atoms with van der Waals surface area (Å²) < 4.78 is 1.77. The van der Waals surface area contributed by atoms with Gasteiger partial charge in [-0.05, 0) is 18.2 Å². The number of benzene rings is 1. The molecule has 0 aliphatic rings. The van der Waals surface area contributed by atoms with Crippen molar-refractivity contribution in [3.63, 3.8) is 0 Å². The van der Waals surface area contributed by atoms with Gasteiger partial charge < -0.3 is 9.88 Å². The number of aromatic nitrogens is 2. The zero-order valence-electron chi connectivity index (χ0n) is 9.20. The molecule has 1 aromatic heterocycles. The standard InChI is InChI=1S/C11H11Cl2N3O/c1-14-11(17)6-16-9-4-7(13)2-3-8(9)15-10(16)5-12/h2-4H,5-6H2,1H3,(H,14,17). The van der Waals surface area contributed by atoms with E-state index in [0.29, 0.717) is 10.8 Å². The van der Waals surface area contributed by atoms with Crippen LogP contribution in [0, 0.1) is 0 Å². The second kappa shape index (κ2) is 4.94. The molecule has 0 spiro atoms. The predicted octanol–water partition coefficient (Wildman–Crippen LogP) is 2.17. The monoisotopic (exact) mass is 271 g/mol. The molecule has 1 heterocycles. The maximum absolute atomic E-state index is 11.4. The number of carbonyl (C=O) groups is 1. The number of rotatable bonds is 3. The number of fused-ring (bicyclic) bond motifs is 1. The summed E-state index contributed by atoms with van der Waals surface area (Å²) in [5, 5.41) is 3.18. The molecule has 0 unspecified atom stereocenters. The quantitative estimate of drug-likeness (QED) is 0.870. The van der Waals surface area contributed by atoms with Crippen molar-refractivity contribution in [2.75, 3.05) is 7.05 Å². The summed E-state index contributed by atoms with van der Waals surface area (Å²) in [7, 11) is 1.59. The normalized spacial score (nSPS) is 10.8. The van der Waals surface area contributed by atoms with Crippen LogP contribution >= 0.6 is 23.2 Å². The van der Waals surface area contributed by atoms with E-state index in [2.05, 4.69) is 10.3 Å². The first-order valence-corrected chi connectivity index (χ1v) is 5.98. The minimum Gasteiger partial charge on any atom is -0.358 e. The van der Waals surface area contributed by atoms with Crippen LogP contribution in [0.15, 0.2) is 18.2 Å². The lowest BCUT2D eigenvalue weighted by molar-refractivity contribution is -0.121. The van der Waals surface area contributed by atoms with Gasteiger partial charge in [0.1, 0.15) is 12.4 Å². The third-order valence-corrected chi connectivity index (χ3v) is 2.96. The van der Waals surface area contributed by atoms with Gasteiger partial charge in [0.2, 0.25) is 5.91 Å². The van der Waals surface area contributed by atoms with Crippen molar-refractivity contribution in [3.05, 3.63) is 29.0 Å². The maximum atomic E-state index is 11.4. The van der Waals surface area contributed by atoms with Gasteiger partial charge in [0.25, 0.3) is 0 Å². The average molecular weight is 272 g/mol. The van der Waals surface area contributed by atoms with Crippen molar-refractivity contribution in [1.29, 1.82) is 0 Å². The van der Waals surface area contributed by atoms with E-state index >= 15 is 0 Å².